The monoisotopic (exact) mass is 368 g/mol. The van der Waals surface area contributed by atoms with E-state index in [0.717, 1.165) is 0 Å². The van der Waals surface area contributed by atoms with Gasteiger partial charge in [0.1, 0.15) is 16.5 Å². The number of carbonyl (C=O) groups excluding carboxylic acids is 2. The van der Waals surface area contributed by atoms with Crippen LogP contribution in [0.15, 0.2) is 40.8 Å². The van der Waals surface area contributed by atoms with Crippen LogP contribution in [-0.2, 0) is 20.7 Å². The largest absolute Gasteiger partial charge is 0.469 e. The third-order valence-electron chi connectivity index (χ3n) is 3.00. The standard InChI is InChI=1S/C17H14Cl2O5/c1-22-15(20)9-7-11-5-6-12(23-11)8-10-16(21)24-14-4-2-3-13(18)17(14)19/h2-6,8,10H,7,9H2,1H3/b10-8+. The van der Waals surface area contributed by atoms with Gasteiger partial charge in [0.05, 0.1) is 18.6 Å². The van der Waals surface area contributed by atoms with Crippen LogP contribution >= 0.6 is 23.2 Å². The first-order chi connectivity index (χ1) is 11.5. The summed E-state index contributed by atoms with van der Waals surface area (Å²) in [5, 5.41) is 0.469. The Morgan fingerprint density at radius 1 is 1.21 bits per heavy atom. The third kappa shape index (κ3) is 5.15. The minimum Gasteiger partial charge on any atom is -0.469 e. The Bertz CT molecular complexity index is 764. The topological polar surface area (TPSA) is 65.7 Å². The number of methoxy groups -OCH3 is 1. The minimum absolute atomic E-state index is 0.170. The number of benzene rings is 1. The highest BCUT2D eigenvalue weighted by Crippen LogP contribution is 2.31. The molecule has 5 nitrogen and oxygen atoms in total. The average molecular weight is 369 g/mol. The zero-order valence-electron chi connectivity index (χ0n) is 12.8. The second kappa shape index (κ2) is 8.57. The van der Waals surface area contributed by atoms with Crippen LogP contribution in [-0.4, -0.2) is 19.0 Å². The summed E-state index contributed by atoms with van der Waals surface area (Å²) in [5.41, 5.74) is 0. The van der Waals surface area contributed by atoms with Gasteiger partial charge in [-0.15, -0.1) is 0 Å². The van der Waals surface area contributed by atoms with Gasteiger partial charge in [-0.25, -0.2) is 4.79 Å². The molecular weight excluding hydrogens is 355 g/mol. The van der Waals surface area contributed by atoms with E-state index in [1.807, 2.05) is 0 Å². The van der Waals surface area contributed by atoms with Crippen molar-refractivity contribution in [1.82, 2.24) is 0 Å². The molecule has 0 fully saturated rings. The van der Waals surface area contributed by atoms with Crippen molar-refractivity contribution in [2.45, 2.75) is 12.8 Å². The third-order valence-corrected chi connectivity index (χ3v) is 3.80. The van der Waals surface area contributed by atoms with Crippen molar-refractivity contribution >= 4 is 41.2 Å². The molecular formula is C17H14Cl2O5. The van der Waals surface area contributed by atoms with Crippen LogP contribution in [0.1, 0.15) is 17.9 Å². The van der Waals surface area contributed by atoms with Crippen molar-refractivity contribution in [3.63, 3.8) is 0 Å². The van der Waals surface area contributed by atoms with Crippen molar-refractivity contribution in [3.8, 4) is 5.75 Å². The Kier molecular flexibility index (Phi) is 6.46. The lowest BCUT2D eigenvalue weighted by atomic mass is 10.2. The molecule has 0 N–H and O–H groups in total. The Hall–Kier alpha value is -2.24. The maximum atomic E-state index is 11.8. The highest BCUT2D eigenvalue weighted by Gasteiger charge is 2.09. The van der Waals surface area contributed by atoms with Crippen molar-refractivity contribution in [2.24, 2.45) is 0 Å². The predicted molar refractivity (Wildman–Crippen MR) is 90.2 cm³/mol. The van der Waals surface area contributed by atoms with Crippen molar-refractivity contribution in [3.05, 3.63) is 58.0 Å². The summed E-state index contributed by atoms with van der Waals surface area (Å²) >= 11 is 11.8. The molecule has 0 radical (unpaired) electrons. The number of furan rings is 1. The van der Waals surface area contributed by atoms with Crippen LogP contribution in [0.5, 0.6) is 5.75 Å². The zero-order valence-corrected chi connectivity index (χ0v) is 14.3. The van der Waals surface area contributed by atoms with Crippen molar-refractivity contribution in [1.29, 1.82) is 0 Å². The lowest BCUT2D eigenvalue weighted by Gasteiger charge is -2.04. The molecule has 24 heavy (non-hydrogen) atoms. The van der Waals surface area contributed by atoms with Crippen LogP contribution in [0.4, 0.5) is 0 Å². The van der Waals surface area contributed by atoms with E-state index in [-0.39, 0.29) is 23.2 Å². The van der Waals surface area contributed by atoms with Gasteiger partial charge in [-0.2, -0.15) is 0 Å². The van der Waals surface area contributed by atoms with E-state index < -0.39 is 5.97 Å². The number of aryl methyl sites for hydroxylation is 1. The van der Waals surface area contributed by atoms with E-state index >= 15 is 0 Å². The number of halogens is 2. The molecule has 0 saturated heterocycles. The first kappa shape index (κ1) is 18.1. The lowest BCUT2D eigenvalue weighted by molar-refractivity contribution is -0.140. The first-order valence-corrected chi connectivity index (χ1v) is 7.74. The molecule has 2 rings (SSSR count). The van der Waals surface area contributed by atoms with Gasteiger partial charge in [-0.1, -0.05) is 29.3 Å². The van der Waals surface area contributed by atoms with Gasteiger partial charge in [0.15, 0.2) is 5.75 Å². The molecule has 1 heterocycles. The van der Waals surface area contributed by atoms with Gasteiger partial charge in [0.2, 0.25) is 0 Å². The van der Waals surface area contributed by atoms with Crippen LogP contribution in [0.25, 0.3) is 6.08 Å². The Balaban J connectivity index is 1.93. The summed E-state index contributed by atoms with van der Waals surface area (Å²) in [6, 6.07) is 8.17. The second-order valence-corrected chi connectivity index (χ2v) is 5.47. The molecule has 0 aliphatic heterocycles. The van der Waals surface area contributed by atoms with E-state index in [2.05, 4.69) is 4.74 Å². The molecule has 0 saturated carbocycles. The second-order valence-electron chi connectivity index (χ2n) is 4.69. The number of carbonyl (C=O) groups is 2. The molecule has 0 aliphatic rings. The maximum Gasteiger partial charge on any atom is 0.336 e. The van der Waals surface area contributed by atoms with Crippen molar-refractivity contribution < 1.29 is 23.5 Å². The summed E-state index contributed by atoms with van der Waals surface area (Å²) in [6.07, 6.45) is 3.31. The quantitative estimate of drug-likeness (QED) is 0.431. The average Bonchev–Trinajstić information content (AvgIpc) is 3.03. The van der Waals surface area contributed by atoms with E-state index in [1.54, 1.807) is 24.3 Å². The van der Waals surface area contributed by atoms with E-state index in [0.29, 0.717) is 23.0 Å². The van der Waals surface area contributed by atoms with Gasteiger partial charge in [0, 0.05) is 12.5 Å². The summed E-state index contributed by atoms with van der Waals surface area (Å²) in [6.45, 7) is 0. The fourth-order valence-corrected chi connectivity index (χ4v) is 2.13. The van der Waals surface area contributed by atoms with Crippen molar-refractivity contribution in [2.75, 3.05) is 7.11 Å². The van der Waals surface area contributed by atoms with Gasteiger partial charge in [-0.05, 0) is 30.3 Å². The number of rotatable bonds is 6. The maximum absolute atomic E-state index is 11.8. The fourth-order valence-electron chi connectivity index (χ4n) is 1.80. The number of esters is 2. The molecule has 0 aliphatic carbocycles. The summed E-state index contributed by atoms with van der Waals surface area (Å²) in [5.74, 6) is 0.324. The number of ether oxygens (including phenoxy) is 2. The molecule has 126 valence electrons. The highest BCUT2D eigenvalue weighted by molar-refractivity contribution is 6.43. The van der Waals surface area contributed by atoms with E-state index in [9.17, 15) is 9.59 Å². The molecule has 0 bridgehead atoms. The summed E-state index contributed by atoms with van der Waals surface area (Å²) in [4.78, 5) is 22.9. The molecule has 0 amide bonds. The van der Waals surface area contributed by atoms with Crippen LogP contribution in [0.2, 0.25) is 10.0 Å². The number of hydrogen-bond acceptors (Lipinski definition) is 5. The normalized spacial score (nSPS) is 10.8. The van der Waals surface area contributed by atoms with Gasteiger partial charge in [0.25, 0.3) is 0 Å². The first-order valence-electron chi connectivity index (χ1n) is 6.99. The molecule has 1 aromatic carbocycles. The predicted octanol–water partition coefficient (Wildman–Crippen LogP) is 4.31. The molecule has 0 atom stereocenters. The van der Waals surface area contributed by atoms with Gasteiger partial charge in [-0.3, -0.25) is 4.79 Å². The minimum atomic E-state index is -0.619. The number of hydrogen-bond donors (Lipinski definition) is 0. The van der Waals surface area contributed by atoms with Gasteiger partial charge >= 0.3 is 11.9 Å². The van der Waals surface area contributed by atoms with Gasteiger partial charge < -0.3 is 13.9 Å². The lowest BCUT2D eigenvalue weighted by Crippen LogP contribution is -2.04. The molecule has 2 aromatic rings. The highest BCUT2D eigenvalue weighted by atomic mass is 35.5. The zero-order chi connectivity index (χ0) is 17.5. The Labute approximate surface area is 148 Å². The van der Waals surface area contributed by atoms with Crippen LogP contribution in [0, 0.1) is 0 Å². The summed E-state index contributed by atoms with van der Waals surface area (Å²) < 4.78 is 15.1. The smallest absolute Gasteiger partial charge is 0.336 e. The molecule has 0 unspecified atom stereocenters. The van der Waals surface area contributed by atoms with Crippen LogP contribution < -0.4 is 4.74 Å². The fraction of sp³-hybridized carbons (Fsp3) is 0.176. The van der Waals surface area contributed by atoms with E-state index in [4.69, 9.17) is 32.4 Å². The summed E-state index contributed by atoms with van der Waals surface area (Å²) in [7, 11) is 1.33. The Morgan fingerprint density at radius 2 is 2.00 bits per heavy atom. The molecule has 1 aromatic heterocycles. The SMILES string of the molecule is COC(=O)CCc1ccc(/C=C/C(=O)Oc2cccc(Cl)c2Cl)o1. The molecule has 7 heteroatoms. The van der Waals surface area contributed by atoms with Crippen LogP contribution in [0.3, 0.4) is 0 Å². The van der Waals surface area contributed by atoms with E-state index in [1.165, 1.54) is 25.3 Å². The molecule has 0 spiro atoms. The Morgan fingerprint density at radius 3 is 2.75 bits per heavy atom.